The van der Waals surface area contributed by atoms with Gasteiger partial charge in [-0.15, -0.1) is 11.3 Å². The van der Waals surface area contributed by atoms with Gasteiger partial charge in [0.15, 0.2) is 5.76 Å². The quantitative estimate of drug-likeness (QED) is 0.574. The van der Waals surface area contributed by atoms with Crippen molar-refractivity contribution in [3.63, 3.8) is 0 Å². The molecule has 0 unspecified atom stereocenters. The van der Waals surface area contributed by atoms with Crippen LogP contribution in [0.1, 0.15) is 23.6 Å². The molecule has 3 aromatic rings. The van der Waals surface area contributed by atoms with Crippen LogP contribution in [0.4, 0.5) is 0 Å². The van der Waals surface area contributed by atoms with Gasteiger partial charge in [-0.05, 0) is 31.7 Å². The highest BCUT2D eigenvalue weighted by Crippen LogP contribution is 2.27. The Labute approximate surface area is 183 Å². The van der Waals surface area contributed by atoms with Crippen molar-refractivity contribution in [3.8, 4) is 10.6 Å². The molecule has 8 nitrogen and oxygen atoms in total. The fourth-order valence-corrected chi connectivity index (χ4v) is 6.82. The number of rotatable bonds is 5. The number of sulfonamides is 1. The number of hydrogen-bond acceptors (Lipinski definition) is 8. The molecule has 4 rings (SSSR count). The lowest BCUT2D eigenvalue weighted by molar-refractivity contribution is -0.130. The molecule has 4 heterocycles. The van der Waals surface area contributed by atoms with Crippen LogP contribution in [0.3, 0.4) is 0 Å². The van der Waals surface area contributed by atoms with Crippen LogP contribution in [-0.2, 0) is 21.2 Å². The van der Waals surface area contributed by atoms with Crippen LogP contribution >= 0.6 is 22.7 Å². The van der Waals surface area contributed by atoms with E-state index in [1.54, 1.807) is 30.1 Å². The first-order valence-electron chi connectivity index (χ1n) is 9.54. The van der Waals surface area contributed by atoms with Gasteiger partial charge >= 0.3 is 0 Å². The maximum atomic E-state index is 13.0. The van der Waals surface area contributed by atoms with Gasteiger partial charge in [-0.1, -0.05) is 5.16 Å². The number of hydrogen-bond donors (Lipinski definition) is 0. The molecule has 0 saturated carbocycles. The second-order valence-electron chi connectivity index (χ2n) is 7.12. The minimum Gasteiger partial charge on any atom is -0.360 e. The zero-order valence-electron chi connectivity index (χ0n) is 16.7. The predicted molar refractivity (Wildman–Crippen MR) is 115 cm³/mol. The number of carbonyl (C=O) groups excluding carboxylic acids is 1. The molecule has 30 heavy (non-hydrogen) atoms. The van der Waals surface area contributed by atoms with Crippen molar-refractivity contribution in [1.82, 2.24) is 19.3 Å². The zero-order valence-corrected chi connectivity index (χ0v) is 19.1. The first-order valence-corrected chi connectivity index (χ1v) is 12.8. The summed E-state index contributed by atoms with van der Waals surface area (Å²) < 4.78 is 32.5. The van der Waals surface area contributed by atoms with Gasteiger partial charge in [0, 0.05) is 42.5 Å². The first kappa shape index (κ1) is 21.2. The Bertz CT molecular complexity index is 1120. The number of nitrogens with zero attached hydrogens (tertiary/aromatic N) is 4. The second-order valence-corrected chi connectivity index (χ2v) is 10.6. The van der Waals surface area contributed by atoms with Crippen molar-refractivity contribution < 1.29 is 17.7 Å². The summed E-state index contributed by atoms with van der Waals surface area (Å²) in [4.78, 5) is 19.2. The van der Waals surface area contributed by atoms with Crippen LogP contribution < -0.4 is 0 Å². The minimum absolute atomic E-state index is 0.0336. The summed E-state index contributed by atoms with van der Waals surface area (Å²) in [7, 11) is -3.70. The SMILES string of the molecule is Cc1noc(C)c1S(=O)(=O)N1CCCN(C(=O)Cc2csc(-c3ccsc3)n2)CC1. The van der Waals surface area contributed by atoms with E-state index in [2.05, 4.69) is 10.1 Å². The standard InChI is InChI=1S/C19H22N4O4S3/c1-13-18(14(2)27-21-13)30(25,26)23-6-3-5-22(7-8-23)17(24)10-16-12-29-19(20-16)15-4-9-28-11-15/h4,9,11-12H,3,5-8,10H2,1-2H3. The van der Waals surface area contributed by atoms with E-state index in [4.69, 9.17) is 4.52 Å². The molecule has 0 aliphatic carbocycles. The molecule has 1 aliphatic heterocycles. The van der Waals surface area contributed by atoms with E-state index in [-0.39, 0.29) is 29.5 Å². The van der Waals surface area contributed by atoms with Crippen LogP contribution in [0.25, 0.3) is 10.6 Å². The molecule has 11 heteroatoms. The Morgan fingerprint density at radius 2 is 2.03 bits per heavy atom. The van der Waals surface area contributed by atoms with Crippen LogP contribution in [0.15, 0.2) is 31.6 Å². The van der Waals surface area contributed by atoms with Crippen LogP contribution in [-0.4, -0.2) is 59.8 Å². The molecule has 160 valence electrons. The van der Waals surface area contributed by atoms with Crippen molar-refractivity contribution >= 4 is 38.6 Å². The van der Waals surface area contributed by atoms with E-state index < -0.39 is 10.0 Å². The topological polar surface area (TPSA) is 96.6 Å². The van der Waals surface area contributed by atoms with E-state index in [0.717, 1.165) is 16.3 Å². The molecular formula is C19H22N4O4S3. The number of aryl methyl sites for hydroxylation is 2. The molecule has 1 amide bonds. The lowest BCUT2D eigenvalue weighted by atomic mass is 10.3. The summed E-state index contributed by atoms with van der Waals surface area (Å²) in [5, 5.41) is 10.6. The van der Waals surface area contributed by atoms with Crippen molar-refractivity contribution in [2.24, 2.45) is 0 Å². The summed E-state index contributed by atoms with van der Waals surface area (Å²) in [6, 6.07) is 2.01. The number of carbonyl (C=O) groups is 1. The summed E-state index contributed by atoms with van der Waals surface area (Å²) in [6.07, 6.45) is 0.794. The number of thiophene rings is 1. The molecule has 0 spiro atoms. The summed E-state index contributed by atoms with van der Waals surface area (Å²) >= 11 is 3.14. The third kappa shape index (κ3) is 4.20. The fourth-order valence-electron chi connectivity index (χ4n) is 3.53. The summed E-state index contributed by atoms with van der Waals surface area (Å²) in [6.45, 7) is 4.69. The van der Waals surface area contributed by atoms with Gasteiger partial charge < -0.3 is 9.42 Å². The third-order valence-corrected chi connectivity index (χ3v) is 8.79. The third-order valence-electron chi connectivity index (χ3n) is 5.03. The van der Waals surface area contributed by atoms with E-state index in [9.17, 15) is 13.2 Å². The maximum Gasteiger partial charge on any atom is 0.248 e. The Hall–Kier alpha value is -2.08. The molecule has 0 radical (unpaired) electrons. The molecule has 0 N–H and O–H groups in total. The maximum absolute atomic E-state index is 13.0. The van der Waals surface area contributed by atoms with Crippen molar-refractivity contribution in [1.29, 1.82) is 0 Å². The van der Waals surface area contributed by atoms with Gasteiger partial charge in [0.05, 0.1) is 12.1 Å². The highest BCUT2D eigenvalue weighted by molar-refractivity contribution is 7.89. The lowest BCUT2D eigenvalue weighted by Crippen LogP contribution is -2.38. The average Bonchev–Trinajstić information content (AvgIpc) is 3.40. The van der Waals surface area contributed by atoms with Gasteiger partial charge in [0.25, 0.3) is 0 Å². The van der Waals surface area contributed by atoms with E-state index in [1.807, 2.05) is 22.2 Å². The summed E-state index contributed by atoms with van der Waals surface area (Å²) in [5.41, 5.74) is 2.17. The Morgan fingerprint density at radius 1 is 1.20 bits per heavy atom. The van der Waals surface area contributed by atoms with E-state index >= 15 is 0 Å². The zero-order chi connectivity index (χ0) is 21.3. The summed E-state index contributed by atoms with van der Waals surface area (Å²) in [5.74, 6) is 0.253. The highest BCUT2D eigenvalue weighted by atomic mass is 32.2. The minimum atomic E-state index is -3.70. The number of amides is 1. The van der Waals surface area contributed by atoms with Crippen LogP contribution in [0.5, 0.6) is 0 Å². The normalized spacial score (nSPS) is 16.0. The largest absolute Gasteiger partial charge is 0.360 e. The Morgan fingerprint density at radius 3 is 2.73 bits per heavy atom. The first-order chi connectivity index (χ1) is 14.4. The Balaban J connectivity index is 1.41. The average molecular weight is 467 g/mol. The molecule has 1 fully saturated rings. The smallest absolute Gasteiger partial charge is 0.248 e. The molecule has 1 aliphatic rings. The molecule has 3 aromatic heterocycles. The monoisotopic (exact) mass is 466 g/mol. The number of thiazole rings is 1. The van der Waals surface area contributed by atoms with Gasteiger partial charge in [-0.25, -0.2) is 13.4 Å². The highest BCUT2D eigenvalue weighted by Gasteiger charge is 2.33. The lowest BCUT2D eigenvalue weighted by Gasteiger charge is -2.21. The van der Waals surface area contributed by atoms with Gasteiger partial charge in [-0.2, -0.15) is 15.6 Å². The molecular weight excluding hydrogens is 444 g/mol. The predicted octanol–water partition coefficient (Wildman–Crippen LogP) is 2.94. The van der Waals surface area contributed by atoms with Crippen molar-refractivity contribution in [2.45, 2.75) is 31.6 Å². The second kappa shape index (κ2) is 8.58. The van der Waals surface area contributed by atoms with Gasteiger partial charge in [0.2, 0.25) is 15.9 Å². The fraction of sp³-hybridized carbons (Fsp3) is 0.421. The molecule has 0 atom stereocenters. The van der Waals surface area contributed by atoms with Crippen molar-refractivity contribution in [2.75, 3.05) is 26.2 Å². The van der Waals surface area contributed by atoms with E-state index in [1.165, 1.54) is 15.6 Å². The number of aromatic nitrogens is 2. The van der Waals surface area contributed by atoms with Gasteiger partial charge in [0.1, 0.15) is 15.6 Å². The van der Waals surface area contributed by atoms with E-state index in [0.29, 0.717) is 31.7 Å². The molecule has 0 aromatic carbocycles. The van der Waals surface area contributed by atoms with Crippen molar-refractivity contribution in [3.05, 3.63) is 39.4 Å². The Kier molecular flexibility index (Phi) is 6.05. The molecule has 0 bridgehead atoms. The molecule has 1 saturated heterocycles. The van der Waals surface area contributed by atoms with Crippen LogP contribution in [0, 0.1) is 13.8 Å². The van der Waals surface area contributed by atoms with Crippen LogP contribution in [0.2, 0.25) is 0 Å². The van der Waals surface area contributed by atoms with Gasteiger partial charge in [-0.3, -0.25) is 4.79 Å².